The van der Waals surface area contributed by atoms with E-state index in [4.69, 9.17) is 9.05 Å². The molecule has 0 atom stereocenters. The lowest BCUT2D eigenvalue weighted by molar-refractivity contribution is 0.141. The molecule has 1 rings (SSSR count). The summed E-state index contributed by atoms with van der Waals surface area (Å²) in [5, 5.41) is 0. The van der Waals surface area contributed by atoms with Gasteiger partial charge in [-0.1, -0.05) is 28.1 Å². The van der Waals surface area contributed by atoms with Gasteiger partial charge in [0.25, 0.3) is 0 Å². The maximum Gasteiger partial charge on any atom is 0.335 e. The zero-order chi connectivity index (χ0) is 13.8. The first-order valence-electron chi connectivity index (χ1n) is 6.01. The van der Waals surface area contributed by atoms with E-state index in [2.05, 4.69) is 15.9 Å². The fourth-order valence-corrected chi connectivity index (χ4v) is 3.96. The summed E-state index contributed by atoms with van der Waals surface area (Å²) in [6, 6.07) is 7.68. The third-order valence-electron chi connectivity index (χ3n) is 2.03. The first-order chi connectivity index (χ1) is 8.31. The maximum atomic E-state index is 12.6. The Morgan fingerprint density at radius 1 is 1.06 bits per heavy atom. The van der Waals surface area contributed by atoms with Crippen molar-refractivity contribution in [3.63, 3.8) is 0 Å². The predicted octanol–water partition coefficient (Wildman–Crippen LogP) is 4.99. The van der Waals surface area contributed by atoms with Crippen molar-refractivity contribution in [1.82, 2.24) is 0 Å². The van der Waals surface area contributed by atoms with Gasteiger partial charge < -0.3 is 9.05 Å². The van der Waals surface area contributed by atoms with Gasteiger partial charge in [0.15, 0.2) is 0 Å². The Labute approximate surface area is 118 Å². The average Bonchev–Trinajstić information content (AvgIpc) is 2.18. The molecule has 0 aliphatic carbocycles. The van der Waals surface area contributed by atoms with Crippen LogP contribution < -0.4 is 0 Å². The summed E-state index contributed by atoms with van der Waals surface area (Å²) in [6.45, 7) is 7.44. The van der Waals surface area contributed by atoms with Gasteiger partial charge in [-0.15, -0.1) is 0 Å². The molecule has 0 unspecified atom stereocenters. The third-order valence-corrected chi connectivity index (χ3v) is 4.80. The molecule has 1 aromatic carbocycles. The van der Waals surface area contributed by atoms with Crippen LogP contribution in [-0.2, 0) is 19.8 Å². The number of rotatable bonds is 6. The van der Waals surface area contributed by atoms with Gasteiger partial charge in [0.2, 0.25) is 0 Å². The molecule has 0 saturated heterocycles. The molecule has 0 spiro atoms. The van der Waals surface area contributed by atoms with Gasteiger partial charge in [-0.2, -0.15) is 0 Å². The maximum absolute atomic E-state index is 12.6. The van der Waals surface area contributed by atoms with E-state index in [1.165, 1.54) is 0 Å². The fourth-order valence-electron chi connectivity index (χ4n) is 1.56. The molecular weight excluding hydrogens is 315 g/mol. The van der Waals surface area contributed by atoms with Crippen LogP contribution in [0.5, 0.6) is 0 Å². The molecule has 0 aromatic heterocycles. The van der Waals surface area contributed by atoms with Crippen LogP contribution in [0.25, 0.3) is 0 Å². The first kappa shape index (κ1) is 15.9. The molecule has 0 amide bonds. The van der Waals surface area contributed by atoms with E-state index in [1.807, 2.05) is 52.0 Å². The standard InChI is InChI=1S/C13H20BrO3P/c1-10(2)16-18(15,17-11(3)4)9-12-5-7-13(14)8-6-12/h5-8,10-11H,9H2,1-4H3. The largest absolute Gasteiger partial charge is 0.335 e. The molecule has 0 N–H and O–H groups in total. The Balaban J connectivity index is 2.84. The molecule has 0 aliphatic rings. The minimum Gasteiger partial charge on any atom is -0.306 e. The smallest absolute Gasteiger partial charge is 0.306 e. The molecule has 3 nitrogen and oxygen atoms in total. The second-order valence-corrected chi connectivity index (χ2v) is 7.58. The van der Waals surface area contributed by atoms with Crippen LogP contribution in [0.1, 0.15) is 33.3 Å². The highest BCUT2D eigenvalue weighted by molar-refractivity contribution is 9.10. The van der Waals surface area contributed by atoms with E-state index in [9.17, 15) is 4.57 Å². The number of benzene rings is 1. The van der Waals surface area contributed by atoms with Crippen molar-refractivity contribution in [1.29, 1.82) is 0 Å². The predicted molar refractivity (Wildman–Crippen MR) is 77.9 cm³/mol. The lowest BCUT2D eigenvalue weighted by Gasteiger charge is -2.22. The summed E-state index contributed by atoms with van der Waals surface area (Å²) >= 11 is 3.37. The van der Waals surface area contributed by atoms with Crippen LogP contribution in [0.2, 0.25) is 0 Å². The van der Waals surface area contributed by atoms with Crippen molar-refractivity contribution in [3.05, 3.63) is 34.3 Å². The molecule has 0 saturated carbocycles. The van der Waals surface area contributed by atoms with E-state index in [0.29, 0.717) is 6.16 Å². The van der Waals surface area contributed by atoms with Gasteiger partial charge in [-0.25, -0.2) is 0 Å². The van der Waals surface area contributed by atoms with Crippen LogP contribution in [0.4, 0.5) is 0 Å². The number of halogens is 1. The van der Waals surface area contributed by atoms with Gasteiger partial charge in [0, 0.05) is 4.47 Å². The summed E-state index contributed by atoms with van der Waals surface area (Å²) in [4.78, 5) is 0. The quantitative estimate of drug-likeness (QED) is 0.687. The van der Waals surface area contributed by atoms with E-state index in [-0.39, 0.29) is 12.2 Å². The molecule has 1 aromatic rings. The summed E-state index contributed by atoms with van der Waals surface area (Å²) < 4.78 is 24.6. The van der Waals surface area contributed by atoms with Crippen LogP contribution in [0, 0.1) is 0 Å². The molecule has 0 heterocycles. The van der Waals surface area contributed by atoms with Crippen molar-refractivity contribution in [2.75, 3.05) is 0 Å². The molecule has 0 fully saturated rings. The van der Waals surface area contributed by atoms with Crippen molar-refractivity contribution in [2.45, 2.75) is 46.1 Å². The molecule has 18 heavy (non-hydrogen) atoms. The summed E-state index contributed by atoms with van der Waals surface area (Å²) in [5.74, 6) is 0. The Hall–Kier alpha value is -0.150. The van der Waals surface area contributed by atoms with Gasteiger partial charge in [-0.3, -0.25) is 4.57 Å². The molecule has 102 valence electrons. The molecular formula is C13H20BrO3P. The van der Waals surface area contributed by atoms with E-state index in [0.717, 1.165) is 10.0 Å². The lowest BCUT2D eigenvalue weighted by atomic mass is 10.2. The number of hydrogen-bond acceptors (Lipinski definition) is 3. The normalized spacial score (nSPS) is 12.4. The molecule has 0 aliphatic heterocycles. The van der Waals surface area contributed by atoms with E-state index >= 15 is 0 Å². The highest BCUT2D eigenvalue weighted by atomic mass is 79.9. The Morgan fingerprint density at radius 3 is 1.89 bits per heavy atom. The fraction of sp³-hybridized carbons (Fsp3) is 0.538. The van der Waals surface area contributed by atoms with Crippen molar-refractivity contribution < 1.29 is 13.6 Å². The van der Waals surface area contributed by atoms with Gasteiger partial charge in [0.05, 0.1) is 18.4 Å². The van der Waals surface area contributed by atoms with Gasteiger partial charge in [0.1, 0.15) is 0 Å². The Kier molecular flexibility index (Phi) is 6.06. The van der Waals surface area contributed by atoms with Crippen molar-refractivity contribution in [2.24, 2.45) is 0 Å². The topological polar surface area (TPSA) is 35.5 Å². The summed E-state index contributed by atoms with van der Waals surface area (Å²) in [6.07, 6.45) is 0.0615. The minimum absolute atomic E-state index is 0.120. The number of hydrogen-bond donors (Lipinski definition) is 0. The third kappa shape index (κ3) is 5.66. The van der Waals surface area contributed by atoms with E-state index < -0.39 is 7.60 Å². The monoisotopic (exact) mass is 334 g/mol. The highest BCUT2D eigenvalue weighted by Crippen LogP contribution is 2.53. The second-order valence-electron chi connectivity index (χ2n) is 4.70. The van der Waals surface area contributed by atoms with Crippen LogP contribution in [0.3, 0.4) is 0 Å². The first-order valence-corrected chi connectivity index (χ1v) is 8.53. The molecule has 0 radical (unpaired) electrons. The lowest BCUT2D eigenvalue weighted by Crippen LogP contribution is -2.09. The average molecular weight is 335 g/mol. The van der Waals surface area contributed by atoms with Gasteiger partial charge in [-0.05, 0) is 45.4 Å². The van der Waals surface area contributed by atoms with Crippen LogP contribution >= 0.6 is 23.5 Å². The minimum atomic E-state index is -3.08. The SMILES string of the molecule is CC(C)OP(=O)(Cc1ccc(Br)cc1)OC(C)C. The highest BCUT2D eigenvalue weighted by Gasteiger charge is 2.27. The van der Waals surface area contributed by atoms with Crippen LogP contribution in [0.15, 0.2) is 28.7 Å². The Morgan fingerprint density at radius 2 is 1.50 bits per heavy atom. The van der Waals surface area contributed by atoms with E-state index in [1.54, 1.807) is 0 Å². The van der Waals surface area contributed by atoms with Crippen molar-refractivity contribution >= 4 is 23.5 Å². The van der Waals surface area contributed by atoms with Crippen LogP contribution in [-0.4, -0.2) is 12.2 Å². The zero-order valence-corrected chi connectivity index (χ0v) is 13.7. The summed E-state index contributed by atoms with van der Waals surface area (Å²) in [7, 11) is -3.08. The molecule has 5 heteroatoms. The summed E-state index contributed by atoms with van der Waals surface area (Å²) in [5.41, 5.74) is 0.947. The Bertz CT molecular complexity index is 401. The van der Waals surface area contributed by atoms with Crippen molar-refractivity contribution in [3.8, 4) is 0 Å². The second kappa shape index (κ2) is 6.85. The molecule has 0 bridgehead atoms. The van der Waals surface area contributed by atoms with Gasteiger partial charge >= 0.3 is 7.60 Å². The zero-order valence-electron chi connectivity index (χ0n) is 11.2.